The Balaban J connectivity index is 2.05. The third-order valence-electron chi connectivity index (χ3n) is 3.44. The molecule has 1 aromatic heterocycles. The van der Waals surface area contributed by atoms with Crippen LogP contribution >= 0.6 is 11.6 Å². The van der Waals surface area contributed by atoms with Gasteiger partial charge in [0.1, 0.15) is 0 Å². The first kappa shape index (κ1) is 13.9. The molecule has 2 aromatic carbocycles. The van der Waals surface area contributed by atoms with Crippen LogP contribution in [0.4, 0.5) is 0 Å². The van der Waals surface area contributed by atoms with Gasteiger partial charge in [0.05, 0.1) is 17.4 Å². The van der Waals surface area contributed by atoms with Crippen LogP contribution in [0.2, 0.25) is 5.02 Å². The van der Waals surface area contributed by atoms with E-state index in [1.165, 1.54) is 0 Å². The third-order valence-corrected chi connectivity index (χ3v) is 3.67. The Morgan fingerprint density at radius 3 is 2.57 bits per heavy atom. The molecule has 0 fully saturated rings. The molecule has 1 N–H and O–H groups in total. The summed E-state index contributed by atoms with van der Waals surface area (Å²) >= 11 is 6.11. The lowest BCUT2D eigenvalue weighted by molar-refractivity contribution is 0.637. The van der Waals surface area contributed by atoms with Crippen LogP contribution in [0.25, 0.3) is 5.69 Å². The van der Waals surface area contributed by atoms with Crippen LogP contribution in [0.3, 0.4) is 0 Å². The van der Waals surface area contributed by atoms with Crippen molar-refractivity contribution in [2.24, 2.45) is 0 Å². The van der Waals surface area contributed by atoms with Gasteiger partial charge in [0.15, 0.2) is 0 Å². The SMILES string of the molecule is CNC(c1cccc(Cl)c1)c1ccnn1-c1ccccc1. The Kier molecular flexibility index (Phi) is 4.04. The van der Waals surface area contributed by atoms with Crippen LogP contribution in [-0.2, 0) is 0 Å². The number of rotatable bonds is 4. The summed E-state index contributed by atoms with van der Waals surface area (Å²) in [7, 11) is 1.94. The molecule has 0 spiro atoms. The molecule has 0 saturated carbocycles. The van der Waals surface area contributed by atoms with Gasteiger partial charge in [0.25, 0.3) is 0 Å². The monoisotopic (exact) mass is 297 g/mol. The van der Waals surface area contributed by atoms with Crippen LogP contribution in [0, 0.1) is 0 Å². The number of para-hydroxylation sites is 1. The molecule has 0 saturated heterocycles. The summed E-state index contributed by atoms with van der Waals surface area (Å²) in [6.07, 6.45) is 1.82. The lowest BCUT2D eigenvalue weighted by Crippen LogP contribution is -2.21. The number of nitrogens with one attached hydrogen (secondary N) is 1. The Morgan fingerprint density at radius 2 is 1.86 bits per heavy atom. The average molecular weight is 298 g/mol. The second-order valence-corrected chi connectivity index (χ2v) is 5.22. The molecule has 0 bridgehead atoms. The van der Waals surface area contributed by atoms with E-state index in [-0.39, 0.29) is 6.04 Å². The second kappa shape index (κ2) is 6.12. The molecular formula is C17H16ClN3. The quantitative estimate of drug-likeness (QED) is 0.793. The van der Waals surface area contributed by atoms with E-state index >= 15 is 0 Å². The summed E-state index contributed by atoms with van der Waals surface area (Å²) in [5.74, 6) is 0. The highest BCUT2D eigenvalue weighted by atomic mass is 35.5. The Labute approximate surface area is 129 Å². The number of benzene rings is 2. The van der Waals surface area contributed by atoms with E-state index in [0.717, 1.165) is 22.0 Å². The lowest BCUT2D eigenvalue weighted by Gasteiger charge is -2.18. The van der Waals surface area contributed by atoms with Crippen molar-refractivity contribution in [3.05, 3.63) is 83.1 Å². The van der Waals surface area contributed by atoms with Crippen molar-refractivity contribution in [1.29, 1.82) is 0 Å². The highest BCUT2D eigenvalue weighted by Gasteiger charge is 2.17. The van der Waals surface area contributed by atoms with Crippen LogP contribution in [0.1, 0.15) is 17.3 Å². The minimum Gasteiger partial charge on any atom is -0.308 e. The number of nitrogens with zero attached hydrogens (tertiary/aromatic N) is 2. The molecule has 0 aliphatic carbocycles. The normalized spacial score (nSPS) is 12.3. The van der Waals surface area contributed by atoms with Crippen LogP contribution in [-0.4, -0.2) is 16.8 Å². The fraction of sp³-hybridized carbons (Fsp3) is 0.118. The Hall–Kier alpha value is -2.10. The lowest BCUT2D eigenvalue weighted by atomic mass is 10.0. The van der Waals surface area contributed by atoms with Gasteiger partial charge in [-0.3, -0.25) is 0 Å². The molecule has 3 nitrogen and oxygen atoms in total. The molecule has 1 unspecified atom stereocenters. The van der Waals surface area contributed by atoms with Crippen molar-refractivity contribution >= 4 is 11.6 Å². The van der Waals surface area contributed by atoms with Crippen molar-refractivity contribution in [3.63, 3.8) is 0 Å². The van der Waals surface area contributed by atoms with Gasteiger partial charge >= 0.3 is 0 Å². The van der Waals surface area contributed by atoms with Crippen LogP contribution < -0.4 is 5.32 Å². The number of halogens is 1. The maximum Gasteiger partial charge on any atom is 0.0750 e. The molecule has 0 aliphatic heterocycles. The zero-order valence-corrected chi connectivity index (χ0v) is 12.5. The maximum absolute atomic E-state index is 6.11. The van der Waals surface area contributed by atoms with Gasteiger partial charge < -0.3 is 5.32 Å². The van der Waals surface area contributed by atoms with Crippen molar-refractivity contribution in [1.82, 2.24) is 15.1 Å². The van der Waals surface area contributed by atoms with Gasteiger partial charge in [-0.05, 0) is 42.9 Å². The van der Waals surface area contributed by atoms with E-state index < -0.39 is 0 Å². The zero-order chi connectivity index (χ0) is 14.7. The van der Waals surface area contributed by atoms with Gasteiger partial charge in [-0.2, -0.15) is 5.10 Å². The fourth-order valence-electron chi connectivity index (χ4n) is 2.49. The molecular weight excluding hydrogens is 282 g/mol. The van der Waals surface area contributed by atoms with Gasteiger partial charge in [-0.15, -0.1) is 0 Å². The summed E-state index contributed by atoms with van der Waals surface area (Å²) in [4.78, 5) is 0. The Bertz CT molecular complexity index is 722. The average Bonchev–Trinajstić information content (AvgIpc) is 2.98. The molecule has 0 aliphatic rings. The number of aromatic nitrogens is 2. The van der Waals surface area contributed by atoms with E-state index in [0.29, 0.717) is 0 Å². The van der Waals surface area contributed by atoms with Crippen molar-refractivity contribution in [2.45, 2.75) is 6.04 Å². The summed E-state index contributed by atoms with van der Waals surface area (Å²) in [5.41, 5.74) is 3.23. The smallest absolute Gasteiger partial charge is 0.0750 e. The molecule has 1 heterocycles. The van der Waals surface area contributed by atoms with Gasteiger partial charge in [-0.1, -0.05) is 41.9 Å². The van der Waals surface area contributed by atoms with Crippen molar-refractivity contribution in [3.8, 4) is 5.69 Å². The first-order valence-electron chi connectivity index (χ1n) is 6.81. The topological polar surface area (TPSA) is 29.9 Å². The third kappa shape index (κ3) is 2.84. The first-order valence-corrected chi connectivity index (χ1v) is 7.19. The summed E-state index contributed by atoms with van der Waals surface area (Å²) < 4.78 is 1.95. The summed E-state index contributed by atoms with van der Waals surface area (Å²) in [6, 6.07) is 20.0. The number of hydrogen-bond acceptors (Lipinski definition) is 2. The first-order chi connectivity index (χ1) is 10.3. The molecule has 1 atom stereocenters. The predicted octanol–water partition coefficient (Wildman–Crippen LogP) is 3.83. The van der Waals surface area contributed by atoms with E-state index in [4.69, 9.17) is 11.6 Å². The molecule has 0 radical (unpaired) electrons. The summed E-state index contributed by atoms with van der Waals surface area (Å²) in [5, 5.41) is 8.52. The fourth-order valence-corrected chi connectivity index (χ4v) is 2.69. The van der Waals surface area contributed by atoms with Gasteiger partial charge in [0.2, 0.25) is 0 Å². The van der Waals surface area contributed by atoms with E-state index in [2.05, 4.69) is 16.5 Å². The second-order valence-electron chi connectivity index (χ2n) is 4.78. The Morgan fingerprint density at radius 1 is 1.05 bits per heavy atom. The zero-order valence-electron chi connectivity index (χ0n) is 11.7. The van der Waals surface area contributed by atoms with Gasteiger partial charge in [-0.25, -0.2) is 4.68 Å². The maximum atomic E-state index is 6.11. The molecule has 4 heteroatoms. The molecule has 106 valence electrons. The van der Waals surface area contributed by atoms with E-state index in [9.17, 15) is 0 Å². The minimum atomic E-state index is 0.0337. The standard InChI is InChI=1S/C17H16ClN3/c1-19-17(13-6-5-7-14(18)12-13)16-10-11-20-21(16)15-8-3-2-4-9-15/h2-12,17,19H,1H3. The minimum absolute atomic E-state index is 0.0337. The molecule has 3 aromatic rings. The largest absolute Gasteiger partial charge is 0.308 e. The van der Waals surface area contributed by atoms with Crippen molar-refractivity contribution in [2.75, 3.05) is 7.05 Å². The van der Waals surface area contributed by atoms with Crippen LogP contribution in [0.15, 0.2) is 66.9 Å². The highest BCUT2D eigenvalue weighted by molar-refractivity contribution is 6.30. The number of hydrogen-bond donors (Lipinski definition) is 1. The van der Waals surface area contributed by atoms with Crippen molar-refractivity contribution < 1.29 is 0 Å². The highest BCUT2D eigenvalue weighted by Crippen LogP contribution is 2.25. The van der Waals surface area contributed by atoms with E-state index in [1.54, 1.807) is 0 Å². The summed E-state index contributed by atoms with van der Waals surface area (Å²) in [6.45, 7) is 0. The van der Waals surface area contributed by atoms with Crippen LogP contribution in [0.5, 0.6) is 0 Å². The molecule has 0 amide bonds. The molecule has 21 heavy (non-hydrogen) atoms. The molecule has 3 rings (SSSR count). The predicted molar refractivity (Wildman–Crippen MR) is 85.9 cm³/mol. The van der Waals surface area contributed by atoms with E-state index in [1.807, 2.05) is 72.5 Å². The van der Waals surface area contributed by atoms with Gasteiger partial charge in [0, 0.05) is 11.2 Å².